The number of unbranched alkanes of at least 4 members (excludes halogenated alkanes) is 3. The zero-order valence-electron chi connectivity index (χ0n) is 18.6. The Hall–Kier alpha value is 0.189. The molecule has 27 heavy (non-hydrogen) atoms. The van der Waals surface area contributed by atoms with E-state index in [2.05, 4.69) is 49.8 Å². The molecule has 2 rings (SSSR count). The molecule has 1 aromatic heterocycles. The van der Waals surface area contributed by atoms with Crippen molar-refractivity contribution in [1.82, 2.24) is 9.88 Å². The average molecular weight is 500 g/mol. The van der Waals surface area contributed by atoms with Gasteiger partial charge >= 0.3 is 177 Å². The van der Waals surface area contributed by atoms with Crippen LogP contribution in [0.15, 0.2) is 5.38 Å². The molecule has 3 nitrogen and oxygen atoms in total. The van der Waals surface area contributed by atoms with E-state index in [0.29, 0.717) is 6.04 Å². The third kappa shape index (κ3) is 6.60. The van der Waals surface area contributed by atoms with Crippen molar-refractivity contribution in [3.8, 4) is 0 Å². The molecule has 2 heterocycles. The molecular formula is C22H43N3SSn. The van der Waals surface area contributed by atoms with Gasteiger partial charge in [-0.2, -0.15) is 0 Å². The minimum atomic E-state index is -2.35. The summed E-state index contributed by atoms with van der Waals surface area (Å²) in [6.07, 6.45) is 8.28. The van der Waals surface area contributed by atoms with Gasteiger partial charge in [0.15, 0.2) is 0 Å². The van der Waals surface area contributed by atoms with Gasteiger partial charge in [-0.1, -0.05) is 0 Å². The average Bonchev–Trinajstić information content (AvgIpc) is 3.18. The van der Waals surface area contributed by atoms with Gasteiger partial charge in [0.05, 0.1) is 0 Å². The second-order valence-corrected chi connectivity index (χ2v) is 22.6. The third-order valence-electron chi connectivity index (χ3n) is 6.38. The summed E-state index contributed by atoms with van der Waals surface area (Å²) in [6, 6.07) is 0.667. The molecule has 0 atom stereocenters. The van der Waals surface area contributed by atoms with E-state index >= 15 is 0 Å². The summed E-state index contributed by atoms with van der Waals surface area (Å²) in [5.41, 5.74) is 0. The van der Waals surface area contributed by atoms with Crippen LogP contribution in [0.3, 0.4) is 0 Å². The van der Waals surface area contributed by atoms with Gasteiger partial charge in [-0.25, -0.2) is 0 Å². The van der Waals surface area contributed by atoms with Crippen molar-refractivity contribution in [1.29, 1.82) is 0 Å². The molecule has 1 aliphatic heterocycles. The fraction of sp³-hybridized carbons (Fsp3) is 0.864. The Labute approximate surface area is 176 Å². The number of nitrogens with zero attached hydrogens (tertiary/aromatic N) is 3. The first-order valence-corrected chi connectivity index (χ1v) is 19.9. The quantitative estimate of drug-likeness (QED) is 0.342. The number of thiazole rings is 1. The molecule has 0 aliphatic carbocycles. The maximum atomic E-state index is 5.35. The van der Waals surface area contributed by atoms with Crippen LogP contribution in [0.5, 0.6) is 0 Å². The summed E-state index contributed by atoms with van der Waals surface area (Å²) in [5, 5.41) is 3.82. The predicted octanol–water partition coefficient (Wildman–Crippen LogP) is 5.73. The zero-order valence-corrected chi connectivity index (χ0v) is 22.3. The summed E-state index contributed by atoms with van der Waals surface area (Å²) in [5.74, 6) is 0. The van der Waals surface area contributed by atoms with Gasteiger partial charge in [0.2, 0.25) is 0 Å². The van der Waals surface area contributed by atoms with Crippen LogP contribution in [-0.4, -0.2) is 60.5 Å². The van der Waals surface area contributed by atoms with Crippen LogP contribution in [0.1, 0.15) is 73.1 Å². The predicted molar refractivity (Wildman–Crippen MR) is 126 cm³/mol. The molecule has 0 aromatic carbocycles. The number of piperazine rings is 1. The van der Waals surface area contributed by atoms with E-state index in [1.165, 1.54) is 70.1 Å². The van der Waals surface area contributed by atoms with Crippen LogP contribution < -0.4 is 8.61 Å². The number of aromatic nitrogens is 1. The fourth-order valence-electron chi connectivity index (χ4n) is 4.39. The summed E-state index contributed by atoms with van der Waals surface area (Å²) >= 11 is -0.407. The van der Waals surface area contributed by atoms with E-state index in [1.807, 2.05) is 11.3 Å². The Balaban J connectivity index is 2.15. The van der Waals surface area contributed by atoms with Gasteiger partial charge in [-0.15, -0.1) is 0 Å². The van der Waals surface area contributed by atoms with Gasteiger partial charge in [0.25, 0.3) is 0 Å². The molecule has 0 spiro atoms. The van der Waals surface area contributed by atoms with Crippen molar-refractivity contribution >= 4 is 38.6 Å². The minimum absolute atomic E-state index is 0.667. The number of rotatable bonds is 12. The van der Waals surface area contributed by atoms with Crippen molar-refractivity contribution in [2.75, 3.05) is 31.1 Å². The molecule has 5 heteroatoms. The molecule has 1 aliphatic rings. The maximum absolute atomic E-state index is 5.35. The van der Waals surface area contributed by atoms with Crippen molar-refractivity contribution in [2.45, 2.75) is 92.5 Å². The van der Waals surface area contributed by atoms with E-state index in [0.717, 1.165) is 13.1 Å². The van der Waals surface area contributed by atoms with Gasteiger partial charge in [-0.05, 0) is 0 Å². The number of hydrogen-bond donors (Lipinski definition) is 0. The normalized spacial score (nSPS) is 16.4. The molecular weight excluding hydrogens is 457 g/mol. The molecule has 156 valence electrons. The first-order chi connectivity index (χ1) is 13.1. The van der Waals surface area contributed by atoms with Crippen LogP contribution in [-0.2, 0) is 0 Å². The van der Waals surface area contributed by atoms with Crippen molar-refractivity contribution in [2.24, 2.45) is 0 Å². The molecule has 1 aromatic rings. The van der Waals surface area contributed by atoms with E-state index in [1.54, 1.807) is 3.71 Å². The van der Waals surface area contributed by atoms with E-state index < -0.39 is 18.4 Å². The topological polar surface area (TPSA) is 19.4 Å². The first-order valence-electron chi connectivity index (χ1n) is 11.5. The summed E-state index contributed by atoms with van der Waals surface area (Å²) < 4.78 is 6.19. The Bertz CT molecular complexity index is 502. The fourth-order valence-corrected chi connectivity index (χ4v) is 22.4. The van der Waals surface area contributed by atoms with Crippen LogP contribution in [0.4, 0.5) is 5.13 Å². The number of anilines is 1. The SMILES string of the molecule is CCC[CH2][Sn]([CH2]CCC)([CH2]CCC)[c]1csc(N2CCN(C(C)C)CC2)n1. The summed E-state index contributed by atoms with van der Waals surface area (Å²) in [4.78, 5) is 10.5. The molecule has 1 fully saturated rings. The van der Waals surface area contributed by atoms with Gasteiger partial charge in [0, 0.05) is 0 Å². The first kappa shape index (κ1) is 23.5. The Morgan fingerprint density at radius 2 is 1.44 bits per heavy atom. The second-order valence-electron chi connectivity index (χ2n) is 8.72. The standard InChI is InChI=1S/C10H16N3S.3C4H9.Sn/c1-9(2)12-4-6-13(7-5-12)10-11-3-8-14-10;3*1-3-4-2;/h8-9H,4-7H2,1-2H3;3*1,3-4H2,2H3;. The van der Waals surface area contributed by atoms with Crippen LogP contribution in [0, 0.1) is 0 Å². The molecule has 0 radical (unpaired) electrons. The zero-order chi connectivity index (χ0) is 19.7. The molecule has 0 saturated carbocycles. The van der Waals surface area contributed by atoms with Crippen LogP contribution in [0.2, 0.25) is 13.3 Å². The van der Waals surface area contributed by atoms with Crippen molar-refractivity contribution in [3.05, 3.63) is 5.38 Å². The second kappa shape index (κ2) is 12.0. The molecule has 0 N–H and O–H groups in total. The van der Waals surface area contributed by atoms with Gasteiger partial charge in [0.1, 0.15) is 0 Å². The van der Waals surface area contributed by atoms with Gasteiger partial charge in [-0.3, -0.25) is 0 Å². The van der Waals surface area contributed by atoms with E-state index in [9.17, 15) is 0 Å². The molecule has 0 unspecified atom stereocenters. The summed E-state index contributed by atoms with van der Waals surface area (Å²) in [7, 11) is 0. The van der Waals surface area contributed by atoms with E-state index in [4.69, 9.17) is 4.98 Å². The Morgan fingerprint density at radius 3 is 1.89 bits per heavy atom. The van der Waals surface area contributed by atoms with Crippen LogP contribution in [0.25, 0.3) is 0 Å². The molecule has 0 bridgehead atoms. The Kier molecular flexibility index (Phi) is 10.4. The number of hydrogen-bond acceptors (Lipinski definition) is 4. The van der Waals surface area contributed by atoms with Crippen LogP contribution >= 0.6 is 11.3 Å². The van der Waals surface area contributed by atoms with Gasteiger partial charge < -0.3 is 0 Å². The monoisotopic (exact) mass is 501 g/mol. The third-order valence-corrected chi connectivity index (χ3v) is 22.9. The summed E-state index contributed by atoms with van der Waals surface area (Å²) in [6.45, 7) is 16.4. The molecule has 1 saturated heterocycles. The van der Waals surface area contributed by atoms with Crippen molar-refractivity contribution in [3.63, 3.8) is 0 Å². The van der Waals surface area contributed by atoms with E-state index in [-0.39, 0.29) is 0 Å². The molecule has 0 amide bonds. The Morgan fingerprint density at radius 1 is 0.926 bits per heavy atom. The van der Waals surface area contributed by atoms with Crippen molar-refractivity contribution < 1.29 is 0 Å².